The van der Waals surface area contributed by atoms with Gasteiger partial charge in [0.05, 0.1) is 17.9 Å². The summed E-state index contributed by atoms with van der Waals surface area (Å²) in [5, 5.41) is 0. The topological polar surface area (TPSA) is 75.2 Å². The van der Waals surface area contributed by atoms with Gasteiger partial charge < -0.3 is 4.90 Å². The highest BCUT2D eigenvalue weighted by Gasteiger charge is 2.26. The highest BCUT2D eigenvalue weighted by Crippen LogP contribution is 2.20. The van der Waals surface area contributed by atoms with E-state index in [0.717, 1.165) is 23.6 Å². The van der Waals surface area contributed by atoms with E-state index in [1.165, 1.54) is 18.2 Å². The summed E-state index contributed by atoms with van der Waals surface area (Å²) in [5.74, 6) is 0.0846. The highest BCUT2D eigenvalue weighted by molar-refractivity contribution is 7.89. The molecule has 2 heterocycles. The van der Waals surface area contributed by atoms with Crippen molar-refractivity contribution in [2.45, 2.75) is 23.8 Å². The van der Waals surface area contributed by atoms with Crippen molar-refractivity contribution in [3.05, 3.63) is 36.3 Å². The Bertz CT molecular complexity index is 728. The lowest BCUT2D eigenvalue weighted by Gasteiger charge is -2.32. The Morgan fingerprint density at radius 2 is 2.00 bits per heavy atom. The molecule has 0 saturated carbocycles. The Balaban J connectivity index is 1.64. The van der Waals surface area contributed by atoms with Crippen molar-refractivity contribution in [1.29, 1.82) is 0 Å². The lowest BCUT2D eigenvalue weighted by molar-refractivity contribution is 0.457. The molecular formula is C13H15FN4O2S2. The Labute approximate surface area is 132 Å². The molecule has 0 aliphatic carbocycles. The molecule has 0 radical (unpaired) electrons. The van der Waals surface area contributed by atoms with Gasteiger partial charge >= 0.3 is 0 Å². The Kier molecular flexibility index (Phi) is 4.37. The molecule has 0 unspecified atom stereocenters. The van der Waals surface area contributed by atoms with Crippen molar-refractivity contribution in [2.24, 2.45) is 0 Å². The van der Waals surface area contributed by atoms with E-state index in [2.05, 4.69) is 18.4 Å². The van der Waals surface area contributed by atoms with Crippen LogP contribution >= 0.6 is 11.7 Å². The second-order valence-electron chi connectivity index (χ2n) is 5.08. The number of piperidine rings is 1. The first kappa shape index (κ1) is 15.3. The lowest BCUT2D eigenvalue weighted by Crippen LogP contribution is -2.44. The molecule has 0 atom stereocenters. The first-order valence-corrected chi connectivity index (χ1v) is 9.07. The van der Waals surface area contributed by atoms with Gasteiger partial charge in [-0.05, 0) is 25.0 Å². The molecule has 6 nitrogen and oxygen atoms in total. The minimum absolute atomic E-state index is 0.201. The Hall–Kier alpha value is -1.58. The molecule has 1 aromatic carbocycles. The van der Waals surface area contributed by atoms with Crippen LogP contribution in [0.4, 0.5) is 10.2 Å². The van der Waals surface area contributed by atoms with Crippen LogP contribution in [0.2, 0.25) is 0 Å². The van der Waals surface area contributed by atoms with Crippen molar-refractivity contribution in [3.8, 4) is 0 Å². The summed E-state index contributed by atoms with van der Waals surface area (Å²) in [5.41, 5.74) is 0. The van der Waals surface area contributed by atoms with E-state index in [9.17, 15) is 12.8 Å². The summed E-state index contributed by atoms with van der Waals surface area (Å²) in [6.45, 7) is 1.38. The maximum atomic E-state index is 13.6. The van der Waals surface area contributed by atoms with E-state index < -0.39 is 15.8 Å². The van der Waals surface area contributed by atoms with Gasteiger partial charge in [0, 0.05) is 19.1 Å². The molecule has 1 fully saturated rings. The number of hydrogen-bond donors (Lipinski definition) is 1. The van der Waals surface area contributed by atoms with Crippen LogP contribution in [0.15, 0.2) is 35.4 Å². The minimum atomic E-state index is -3.83. The highest BCUT2D eigenvalue weighted by atomic mass is 32.2. The predicted molar refractivity (Wildman–Crippen MR) is 81.9 cm³/mol. The zero-order chi connectivity index (χ0) is 15.6. The van der Waals surface area contributed by atoms with E-state index in [1.54, 1.807) is 6.20 Å². The standard InChI is InChI=1S/C13H15FN4O2S2/c14-11-3-1-2-4-12(11)22(19,20)17-10-5-7-18(8-6-10)13-9-15-21-16-13/h1-4,9-10,17H,5-8H2. The van der Waals surface area contributed by atoms with Crippen LogP contribution in [0.3, 0.4) is 0 Å². The molecule has 1 saturated heterocycles. The van der Waals surface area contributed by atoms with Gasteiger partial charge in [0.15, 0.2) is 5.82 Å². The average Bonchev–Trinajstić information content (AvgIpc) is 3.02. The minimum Gasteiger partial charge on any atom is -0.354 e. The smallest absolute Gasteiger partial charge is 0.243 e. The van der Waals surface area contributed by atoms with Crippen molar-refractivity contribution < 1.29 is 12.8 Å². The number of hydrogen-bond acceptors (Lipinski definition) is 6. The van der Waals surface area contributed by atoms with Gasteiger partial charge in [0.2, 0.25) is 10.0 Å². The van der Waals surface area contributed by atoms with Crippen molar-refractivity contribution >= 4 is 27.6 Å². The monoisotopic (exact) mass is 342 g/mol. The maximum Gasteiger partial charge on any atom is 0.243 e. The van der Waals surface area contributed by atoms with Crippen LogP contribution in [-0.2, 0) is 10.0 Å². The third-order valence-corrected chi connectivity index (χ3v) is 5.64. The molecule has 0 bridgehead atoms. The van der Waals surface area contributed by atoms with E-state index in [0.29, 0.717) is 25.9 Å². The molecule has 1 aliphatic heterocycles. The first-order chi connectivity index (χ1) is 10.6. The molecule has 9 heteroatoms. The average molecular weight is 342 g/mol. The molecule has 1 aliphatic rings. The summed E-state index contributed by atoms with van der Waals surface area (Å²) in [7, 11) is -3.83. The molecule has 2 aromatic rings. The van der Waals surface area contributed by atoms with Crippen LogP contribution in [0.5, 0.6) is 0 Å². The zero-order valence-corrected chi connectivity index (χ0v) is 13.3. The van der Waals surface area contributed by atoms with E-state index >= 15 is 0 Å². The summed E-state index contributed by atoms with van der Waals surface area (Å²) in [6, 6.07) is 5.19. The summed E-state index contributed by atoms with van der Waals surface area (Å²) in [4.78, 5) is 1.76. The normalized spacial score (nSPS) is 16.9. The number of nitrogens with one attached hydrogen (secondary N) is 1. The number of benzene rings is 1. The molecule has 3 rings (SSSR count). The first-order valence-electron chi connectivity index (χ1n) is 6.85. The summed E-state index contributed by atoms with van der Waals surface area (Å²) < 4.78 is 48.9. The molecule has 0 spiro atoms. The SMILES string of the molecule is O=S(=O)(NC1CCN(c2cnsn2)CC1)c1ccccc1F. The molecule has 1 N–H and O–H groups in total. The van der Waals surface area contributed by atoms with Crippen molar-refractivity contribution in [2.75, 3.05) is 18.0 Å². The Morgan fingerprint density at radius 3 is 2.64 bits per heavy atom. The second-order valence-corrected chi connectivity index (χ2v) is 7.32. The van der Waals surface area contributed by atoms with Crippen LogP contribution in [0.25, 0.3) is 0 Å². The number of sulfonamides is 1. The van der Waals surface area contributed by atoms with Gasteiger partial charge in [-0.3, -0.25) is 0 Å². The van der Waals surface area contributed by atoms with Crippen LogP contribution in [-0.4, -0.2) is 36.3 Å². The van der Waals surface area contributed by atoms with Gasteiger partial charge in [0.25, 0.3) is 0 Å². The van der Waals surface area contributed by atoms with E-state index in [-0.39, 0.29) is 10.9 Å². The second kappa shape index (κ2) is 6.27. The molecular weight excluding hydrogens is 327 g/mol. The zero-order valence-electron chi connectivity index (χ0n) is 11.6. The Morgan fingerprint density at radius 1 is 1.27 bits per heavy atom. The summed E-state index contributed by atoms with van der Waals surface area (Å²) >= 11 is 1.15. The lowest BCUT2D eigenvalue weighted by atomic mass is 10.1. The van der Waals surface area contributed by atoms with Gasteiger partial charge in [-0.2, -0.15) is 8.75 Å². The van der Waals surface area contributed by atoms with Crippen LogP contribution in [0, 0.1) is 5.82 Å². The third kappa shape index (κ3) is 3.26. The van der Waals surface area contributed by atoms with Crippen LogP contribution in [0.1, 0.15) is 12.8 Å². The van der Waals surface area contributed by atoms with Crippen molar-refractivity contribution in [1.82, 2.24) is 13.5 Å². The number of halogens is 1. The number of anilines is 1. The number of rotatable bonds is 4. The molecule has 1 aromatic heterocycles. The number of nitrogens with zero attached hydrogens (tertiary/aromatic N) is 3. The van der Waals surface area contributed by atoms with Gasteiger partial charge in [-0.15, -0.1) is 0 Å². The van der Waals surface area contributed by atoms with E-state index in [1.807, 2.05) is 0 Å². The number of aromatic nitrogens is 2. The fraction of sp³-hybridized carbons (Fsp3) is 0.385. The maximum absolute atomic E-state index is 13.6. The fourth-order valence-electron chi connectivity index (χ4n) is 2.47. The van der Waals surface area contributed by atoms with Gasteiger partial charge in [-0.25, -0.2) is 17.5 Å². The quantitative estimate of drug-likeness (QED) is 0.914. The van der Waals surface area contributed by atoms with E-state index in [4.69, 9.17) is 0 Å². The van der Waals surface area contributed by atoms with Gasteiger partial charge in [-0.1, -0.05) is 12.1 Å². The molecule has 0 amide bonds. The molecule has 118 valence electrons. The van der Waals surface area contributed by atoms with Crippen LogP contribution < -0.4 is 9.62 Å². The van der Waals surface area contributed by atoms with Crippen molar-refractivity contribution in [3.63, 3.8) is 0 Å². The predicted octanol–water partition coefficient (Wildman–Crippen LogP) is 1.62. The van der Waals surface area contributed by atoms with Gasteiger partial charge in [0.1, 0.15) is 10.7 Å². The molecule has 22 heavy (non-hydrogen) atoms. The summed E-state index contributed by atoms with van der Waals surface area (Å²) in [6.07, 6.45) is 2.99. The third-order valence-electron chi connectivity index (χ3n) is 3.62. The fourth-order valence-corrected chi connectivity index (χ4v) is 4.29. The largest absolute Gasteiger partial charge is 0.354 e.